The minimum Gasteiger partial charge on any atom is -0.391 e. The Morgan fingerprint density at radius 3 is 2.78 bits per heavy atom. The third-order valence-electron chi connectivity index (χ3n) is 4.92. The van der Waals surface area contributed by atoms with Crippen molar-refractivity contribution in [2.24, 2.45) is 0 Å². The van der Waals surface area contributed by atoms with Crippen LogP contribution in [0.3, 0.4) is 0 Å². The second-order valence-corrected chi connectivity index (χ2v) is 7.11. The molecule has 2 saturated heterocycles. The van der Waals surface area contributed by atoms with Crippen LogP contribution in [-0.2, 0) is 4.79 Å². The van der Waals surface area contributed by atoms with Crippen LogP contribution >= 0.6 is 0 Å². The fourth-order valence-electron chi connectivity index (χ4n) is 3.36. The molecule has 2 aliphatic heterocycles. The average molecular weight is 369 g/mol. The lowest BCUT2D eigenvalue weighted by Gasteiger charge is -2.18. The van der Waals surface area contributed by atoms with Crippen LogP contribution in [0.4, 0.5) is 16.4 Å². The predicted molar refractivity (Wildman–Crippen MR) is 97.1 cm³/mol. The van der Waals surface area contributed by atoms with Crippen molar-refractivity contribution >= 4 is 35.3 Å². The maximum atomic E-state index is 11.8. The van der Waals surface area contributed by atoms with E-state index in [0.29, 0.717) is 30.2 Å². The summed E-state index contributed by atoms with van der Waals surface area (Å²) in [6.07, 6.45) is 5.78. The van der Waals surface area contributed by atoms with E-state index in [-0.39, 0.29) is 11.8 Å². The van der Waals surface area contributed by atoms with Gasteiger partial charge in [-0.2, -0.15) is 9.61 Å². The summed E-state index contributed by atoms with van der Waals surface area (Å²) in [6, 6.07) is 1.83. The van der Waals surface area contributed by atoms with Gasteiger partial charge in [-0.1, -0.05) is 0 Å². The van der Waals surface area contributed by atoms with Crippen molar-refractivity contribution < 1.29 is 14.7 Å². The average Bonchev–Trinajstić information content (AvgIpc) is 3.04. The monoisotopic (exact) mass is 369 g/mol. The minimum absolute atomic E-state index is 0.162. The Morgan fingerprint density at radius 1 is 1.26 bits per heavy atom. The number of rotatable bonds is 4. The van der Waals surface area contributed by atoms with Gasteiger partial charge in [0, 0.05) is 30.8 Å². The molecule has 3 amide bonds. The molecule has 10 heteroatoms. The zero-order chi connectivity index (χ0) is 18.5. The minimum atomic E-state index is -0.543. The zero-order valence-corrected chi connectivity index (χ0v) is 14.5. The predicted octanol–water partition coefficient (Wildman–Crippen LogP) is 0.0549. The Kier molecular flexibility index (Phi) is 3.54. The van der Waals surface area contributed by atoms with Crippen LogP contribution in [-0.4, -0.2) is 56.9 Å². The molecule has 0 radical (unpaired) electrons. The molecule has 2 aromatic rings. The molecule has 4 N–H and O–H groups in total. The molecule has 0 bridgehead atoms. The molecule has 1 atom stereocenters. The van der Waals surface area contributed by atoms with E-state index in [1.807, 2.05) is 11.0 Å². The number of carbonyl (C=O) groups excluding carboxylic acids is 2. The summed E-state index contributed by atoms with van der Waals surface area (Å²) in [5, 5.41) is 22.4. The molecule has 2 aromatic heterocycles. The smallest absolute Gasteiger partial charge is 0.326 e. The SMILES string of the molecule is O=C1NC(=O)/C(=C/c2cnn3c(NC4CC4)cc(N4CCC(O)C4)nc23)N1. The first-order chi connectivity index (χ1) is 13.1. The van der Waals surface area contributed by atoms with Crippen molar-refractivity contribution in [3.05, 3.63) is 23.5 Å². The van der Waals surface area contributed by atoms with E-state index in [4.69, 9.17) is 4.98 Å². The van der Waals surface area contributed by atoms with Crippen molar-refractivity contribution in [1.29, 1.82) is 0 Å². The number of nitrogens with one attached hydrogen (secondary N) is 3. The molecule has 5 rings (SSSR count). The van der Waals surface area contributed by atoms with E-state index in [2.05, 4.69) is 21.0 Å². The molecule has 1 unspecified atom stereocenters. The van der Waals surface area contributed by atoms with Gasteiger partial charge in [-0.05, 0) is 25.3 Å². The van der Waals surface area contributed by atoms with Crippen LogP contribution in [0.15, 0.2) is 18.0 Å². The number of aliphatic hydroxyl groups excluding tert-OH is 1. The Hall–Kier alpha value is -3.14. The van der Waals surface area contributed by atoms with Crippen LogP contribution in [0.2, 0.25) is 0 Å². The number of urea groups is 1. The Balaban J connectivity index is 1.59. The Labute approximate surface area is 154 Å². The highest BCUT2D eigenvalue weighted by Crippen LogP contribution is 2.29. The van der Waals surface area contributed by atoms with Crippen molar-refractivity contribution in [1.82, 2.24) is 25.2 Å². The number of amides is 3. The molecule has 4 heterocycles. The molecular weight excluding hydrogens is 350 g/mol. The summed E-state index contributed by atoms with van der Waals surface area (Å²) in [4.78, 5) is 29.9. The van der Waals surface area contributed by atoms with Crippen LogP contribution in [0.25, 0.3) is 11.7 Å². The summed E-state index contributed by atoms with van der Waals surface area (Å²) in [5.41, 5.74) is 1.37. The summed E-state index contributed by atoms with van der Waals surface area (Å²) in [7, 11) is 0. The number of nitrogens with zero attached hydrogens (tertiary/aromatic N) is 4. The fraction of sp³-hybridized carbons (Fsp3) is 0.412. The van der Waals surface area contributed by atoms with Gasteiger partial charge in [0.15, 0.2) is 5.65 Å². The third-order valence-corrected chi connectivity index (χ3v) is 4.92. The lowest BCUT2D eigenvalue weighted by atomic mass is 10.2. The van der Waals surface area contributed by atoms with Gasteiger partial charge in [-0.15, -0.1) is 0 Å². The molecule has 1 saturated carbocycles. The number of β-amino-alcohol motifs (C(OH)–C–C–N with tert-alkyl or cyclic N) is 1. The largest absolute Gasteiger partial charge is 0.391 e. The molecule has 3 aliphatic rings. The lowest BCUT2D eigenvalue weighted by molar-refractivity contribution is -0.115. The molecule has 27 heavy (non-hydrogen) atoms. The number of fused-ring (bicyclic) bond motifs is 1. The summed E-state index contributed by atoms with van der Waals surface area (Å²) in [5.74, 6) is 1.10. The maximum Gasteiger partial charge on any atom is 0.326 e. The number of hydrogen-bond acceptors (Lipinski definition) is 7. The standard InChI is InChI=1S/C17H19N7O3/c25-11-3-4-23(8-11)13-6-14(19-10-1-2-10)24-15(21-13)9(7-18-24)5-12-16(26)22-17(27)20-12/h5-7,10-11,19,25H,1-4,8H2,(H2,20,22,26,27)/b12-5-. The summed E-state index contributed by atoms with van der Waals surface area (Å²) in [6.45, 7) is 1.27. The highest BCUT2D eigenvalue weighted by Gasteiger charge is 2.27. The second kappa shape index (κ2) is 5.95. The van der Waals surface area contributed by atoms with Crippen LogP contribution in [0.5, 0.6) is 0 Å². The van der Waals surface area contributed by atoms with E-state index in [1.54, 1.807) is 16.8 Å². The molecule has 0 aromatic carbocycles. The highest BCUT2D eigenvalue weighted by atomic mass is 16.3. The van der Waals surface area contributed by atoms with Gasteiger partial charge in [0.2, 0.25) is 0 Å². The number of hydrogen-bond donors (Lipinski definition) is 4. The van der Waals surface area contributed by atoms with Crippen LogP contribution < -0.4 is 20.9 Å². The first kappa shape index (κ1) is 16.1. The van der Waals surface area contributed by atoms with Crippen molar-refractivity contribution in [3.63, 3.8) is 0 Å². The molecule has 140 valence electrons. The van der Waals surface area contributed by atoms with E-state index in [0.717, 1.165) is 31.0 Å². The summed E-state index contributed by atoms with van der Waals surface area (Å²) < 4.78 is 1.70. The fourth-order valence-corrected chi connectivity index (χ4v) is 3.36. The normalized spacial score (nSPS) is 24.0. The highest BCUT2D eigenvalue weighted by molar-refractivity contribution is 6.14. The summed E-state index contributed by atoms with van der Waals surface area (Å²) >= 11 is 0. The topological polar surface area (TPSA) is 124 Å². The quantitative estimate of drug-likeness (QED) is 0.444. The van der Waals surface area contributed by atoms with Gasteiger partial charge in [0.05, 0.1) is 12.3 Å². The van der Waals surface area contributed by atoms with Crippen LogP contribution in [0, 0.1) is 0 Å². The Morgan fingerprint density at radius 2 is 2.11 bits per heavy atom. The van der Waals surface area contributed by atoms with Gasteiger partial charge >= 0.3 is 6.03 Å². The number of aliphatic hydroxyl groups is 1. The van der Waals surface area contributed by atoms with Gasteiger partial charge in [0.25, 0.3) is 5.91 Å². The van der Waals surface area contributed by atoms with E-state index in [1.165, 1.54) is 0 Å². The molecule has 0 spiro atoms. The molecular formula is C17H19N7O3. The number of anilines is 2. The molecule has 3 fully saturated rings. The van der Waals surface area contributed by atoms with Crippen LogP contribution in [0.1, 0.15) is 24.8 Å². The Bertz CT molecular complexity index is 978. The zero-order valence-electron chi connectivity index (χ0n) is 14.5. The van der Waals surface area contributed by atoms with Gasteiger partial charge in [-0.3, -0.25) is 10.1 Å². The second-order valence-electron chi connectivity index (χ2n) is 7.11. The van der Waals surface area contributed by atoms with Gasteiger partial charge in [0.1, 0.15) is 17.3 Å². The maximum absolute atomic E-state index is 11.8. The first-order valence-electron chi connectivity index (χ1n) is 8.99. The third kappa shape index (κ3) is 2.97. The van der Waals surface area contributed by atoms with Crippen molar-refractivity contribution in [2.45, 2.75) is 31.4 Å². The van der Waals surface area contributed by atoms with E-state index < -0.39 is 11.9 Å². The number of imide groups is 1. The van der Waals surface area contributed by atoms with Gasteiger partial charge in [-0.25, -0.2) is 9.78 Å². The van der Waals surface area contributed by atoms with Crippen molar-refractivity contribution in [3.8, 4) is 0 Å². The van der Waals surface area contributed by atoms with Gasteiger partial charge < -0.3 is 20.6 Å². The number of carbonyl (C=O) groups is 2. The molecule has 1 aliphatic carbocycles. The van der Waals surface area contributed by atoms with E-state index in [9.17, 15) is 14.7 Å². The first-order valence-corrected chi connectivity index (χ1v) is 8.99. The number of aromatic nitrogens is 3. The van der Waals surface area contributed by atoms with Crippen molar-refractivity contribution in [2.75, 3.05) is 23.3 Å². The van der Waals surface area contributed by atoms with E-state index >= 15 is 0 Å². The molecule has 10 nitrogen and oxygen atoms in total. The lowest BCUT2D eigenvalue weighted by Crippen LogP contribution is -2.23.